The van der Waals surface area contributed by atoms with Gasteiger partial charge in [-0.1, -0.05) is 0 Å². The molecule has 1 aliphatic heterocycles. The van der Waals surface area contributed by atoms with Gasteiger partial charge in [0.05, 0.1) is 6.04 Å². The van der Waals surface area contributed by atoms with Crippen LogP contribution in [-0.2, 0) is 4.74 Å². The van der Waals surface area contributed by atoms with Crippen molar-refractivity contribution in [3.05, 3.63) is 23.9 Å². The van der Waals surface area contributed by atoms with Crippen LogP contribution in [0.4, 0.5) is 19.4 Å². The van der Waals surface area contributed by atoms with E-state index < -0.39 is 12.0 Å². The molecule has 2 fully saturated rings. The summed E-state index contributed by atoms with van der Waals surface area (Å²) in [4.78, 5) is 18.2. The highest BCUT2D eigenvalue weighted by Gasteiger charge is 2.48. The second-order valence-electron chi connectivity index (χ2n) is 7.57. The number of likely N-dealkylation sites (tertiary alicyclic amines) is 1. The van der Waals surface area contributed by atoms with Gasteiger partial charge in [0.1, 0.15) is 11.4 Å². The van der Waals surface area contributed by atoms with E-state index in [-0.39, 0.29) is 23.7 Å². The zero-order valence-electron chi connectivity index (χ0n) is 14.1. The Hall–Kier alpha value is -1.92. The molecule has 1 saturated heterocycles. The Kier molecular flexibility index (Phi) is 4.36. The second kappa shape index (κ2) is 6.18. The van der Waals surface area contributed by atoms with E-state index in [9.17, 15) is 13.6 Å². The number of fused-ring (bicyclic) bond motifs is 2. The third-order valence-electron chi connectivity index (χ3n) is 4.48. The van der Waals surface area contributed by atoms with Crippen LogP contribution in [-0.4, -0.2) is 40.2 Å². The van der Waals surface area contributed by atoms with Crippen molar-refractivity contribution in [1.82, 2.24) is 9.88 Å². The van der Waals surface area contributed by atoms with Crippen LogP contribution in [0.15, 0.2) is 18.3 Å². The number of aromatic nitrogens is 1. The fourth-order valence-corrected chi connectivity index (χ4v) is 3.52. The van der Waals surface area contributed by atoms with E-state index in [1.165, 1.54) is 12.3 Å². The summed E-state index contributed by atoms with van der Waals surface area (Å²) in [6, 6.07) is 3.06. The minimum atomic E-state index is -2.52. The van der Waals surface area contributed by atoms with Gasteiger partial charge in [-0.15, -0.1) is 0 Å². The summed E-state index contributed by atoms with van der Waals surface area (Å²) in [5, 5.41) is 3.28. The second-order valence-corrected chi connectivity index (χ2v) is 7.57. The molecule has 132 valence electrons. The van der Waals surface area contributed by atoms with E-state index in [2.05, 4.69) is 10.3 Å². The number of nitrogens with zero attached hydrogens (tertiary/aromatic N) is 2. The summed E-state index contributed by atoms with van der Waals surface area (Å²) in [5.41, 5.74) is -0.613. The van der Waals surface area contributed by atoms with Gasteiger partial charge in [0, 0.05) is 24.3 Å². The average molecular weight is 339 g/mol. The van der Waals surface area contributed by atoms with Crippen LogP contribution in [0.1, 0.15) is 45.6 Å². The first-order chi connectivity index (χ1) is 11.2. The molecular weight excluding hydrogens is 316 g/mol. The number of carbonyl (C=O) groups is 1. The Morgan fingerprint density at radius 2 is 2.12 bits per heavy atom. The maximum Gasteiger partial charge on any atom is 0.410 e. The highest BCUT2D eigenvalue weighted by molar-refractivity contribution is 5.69. The number of nitrogens with one attached hydrogen (secondary N) is 1. The van der Waals surface area contributed by atoms with Crippen LogP contribution in [0.25, 0.3) is 0 Å². The Morgan fingerprint density at radius 3 is 2.67 bits per heavy atom. The fraction of sp³-hybridized carbons (Fsp3) is 0.647. The third-order valence-corrected chi connectivity index (χ3v) is 4.48. The molecule has 1 amide bonds. The van der Waals surface area contributed by atoms with E-state index >= 15 is 0 Å². The number of piperidine rings is 1. The number of pyridine rings is 1. The van der Waals surface area contributed by atoms with Gasteiger partial charge in [0.15, 0.2) is 0 Å². The molecule has 5 nitrogen and oxygen atoms in total. The molecule has 1 N–H and O–H groups in total. The molecule has 7 heteroatoms. The van der Waals surface area contributed by atoms with Gasteiger partial charge >= 0.3 is 6.09 Å². The first kappa shape index (κ1) is 16.9. The number of halogens is 2. The Balaban J connectivity index is 1.64. The molecule has 0 radical (unpaired) electrons. The maximum absolute atomic E-state index is 12.6. The molecule has 0 aromatic carbocycles. The minimum Gasteiger partial charge on any atom is -0.444 e. The molecule has 1 aliphatic carbocycles. The van der Waals surface area contributed by atoms with Crippen molar-refractivity contribution in [2.75, 3.05) is 11.9 Å². The van der Waals surface area contributed by atoms with Gasteiger partial charge in [0.25, 0.3) is 6.43 Å². The summed E-state index contributed by atoms with van der Waals surface area (Å²) >= 11 is 0. The first-order valence-corrected chi connectivity index (χ1v) is 8.23. The van der Waals surface area contributed by atoms with Crippen LogP contribution in [0.3, 0.4) is 0 Å². The van der Waals surface area contributed by atoms with Crippen LogP contribution in [0.5, 0.6) is 0 Å². The molecule has 24 heavy (non-hydrogen) atoms. The molecular formula is C17H23F2N3O2. The summed E-state index contributed by atoms with van der Waals surface area (Å²) in [5.74, 6) is 1.00. The van der Waals surface area contributed by atoms with Gasteiger partial charge in [-0.3, -0.25) is 0 Å². The predicted octanol–water partition coefficient (Wildman–Crippen LogP) is 3.83. The predicted molar refractivity (Wildman–Crippen MR) is 86.1 cm³/mol. The molecule has 1 saturated carbocycles. The molecule has 2 bridgehead atoms. The Morgan fingerprint density at radius 1 is 1.38 bits per heavy atom. The third kappa shape index (κ3) is 3.60. The average Bonchev–Trinajstić information content (AvgIpc) is 3.06. The number of ether oxygens (including phenoxy) is 1. The molecule has 3 atom stereocenters. The topological polar surface area (TPSA) is 54.5 Å². The van der Waals surface area contributed by atoms with Crippen molar-refractivity contribution in [2.24, 2.45) is 5.92 Å². The highest BCUT2D eigenvalue weighted by Crippen LogP contribution is 2.39. The number of alkyl halides is 2. The molecule has 2 heterocycles. The lowest BCUT2D eigenvalue weighted by Crippen LogP contribution is -2.49. The van der Waals surface area contributed by atoms with Gasteiger partial charge in [0.2, 0.25) is 0 Å². The SMILES string of the molecule is CC(C)(C)OC(=O)N1CC2CC(Nc3ccc(C(F)F)cn3)C1C2. The van der Waals surface area contributed by atoms with Gasteiger partial charge in [-0.2, -0.15) is 0 Å². The van der Waals surface area contributed by atoms with Crippen LogP contribution >= 0.6 is 0 Å². The lowest BCUT2D eigenvalue weighted by molar-refractivity contribution is 0.0179. The molecule has 2 aliphatic rings. The smallest absolute Gasteiger partial charge is 0.410 e. The van der Waals surface area contributed by atoms with Crippen molar-refractivity contribution < 1.29 is 18.3 Å². The van der Waals surface area contributed by atoms with Crippen molar-refractivity contribution in [2.45, 2.75) is 57.7 Å². The van der Waals surface area contributed by atoms with Crippen molar-refractivity contribution >= 4 is 11.9 Å². The quantitative estimate of drug-likeness (QED) is 0.909. The fourth-order valence-electron chi connectivity index (χ4n) is 3.52. The van der Waals surface area contributed by atoms with Crippen LogP contribution in [0.2, 0.25) is 0 Å². The molecule has 3 rings (SSSR count). The lowest BCUT2D eigenvalue weighted by atomic mass is 10.1. The van der Waals surface area contributed by atoms with Gasteiger partial charge < -0.3 is 15.0 Å². The normalized spacial score (nSPS) is 26.1. The van der Waals surface area contributed by atoms with E-state index in [0.29, 0.717) is 11.7 Å². The number of amides is 1. The number of hydrogen-bond acceptors (Lipinski definition) is 4. The number of carbonyl (C=O) groups excluding carboxylic acids is 1. The van der Waals surface area contributed by atoms with Gasteiger partial charge in [-0.25, -0.2) is 18.6 Å². The Bertz CT molecular complexity index is 601. The number of rotatable bonds is 3. The van der Waals surface area contributed by atoms with Crippen molar-refractivity contribution in [1.29, 1.82) is 0 Å². The van der Waals surface area contributed by atoms with Crippen molar-refractivity contribution in [3.8, 4) is 0 Å². The minimum absolute atomic E-state index is 0.0569. The molecule has 1 aromatic rings. The molecule has 1 aromatic heterocycles. The van der Waals surface area contributed by atoms with Crippen molar-refractivity contribution in [3.63, 3.8) is 0 Å². The summed E-state index contributed by atoms with van der Waals surface area (Å²) in [6.45, 7) is 6.27. The Labute approximate surface area is 140 Å². The van der Waals surface area contributed by atoms with Crippen LogP contribution < -0.4 is 5.32 Å². The van der Waals surface area contributed by atoms with E-state index in [4.69, 9.17) is 4.74 Å². The van der Waals surface area contributed by atoms with Gasteiger partial charge in [-0.05, 0) is 51.7 Å². The standard InChI is InChI=1S/C17H23F2N3O2/c1-17(2,3)24-16(23)22-9-10-6-12(13(22)7-10)21-14-5-4-11(8-20-14)15(18)19/h4-5,8,10,12-13,15H,6-7,9H2,1-3H3,(H,20,21). The molecule has 0 spiro atoms. The summed E-state index contributed by atoms with van der Waals surface area (Å²) in [6.07, 6.45) is 0.263. The number of hydrogen-bond donors (Lipinski definition) is 1. The zero-order chi connectivity index (χ0) is 17.5. The van der Waals surface area contributed by atoms with Crippen LogP contribution in [0, 0.1) is 5.92 Å². The van der Waals surface area contributed by atoms with E-state index in [1.807, 2.05) is 20.8 Å². The largest absolute Gasteiger partial charge is 0.444 e. The first-order valence-electron chi connectivity index (χ1n) is 8.23. The molecule has 3 unspecified atom stereocenters. The zero-order valence-corrected chi connectivity index (χ0v) is 14.1. The maximum atomic E-state index is 12.6. The highest BCUT2D eigenvalue weighted by atomic mass is 19.3. The number of anilines is 1. The van der Waals surface area contributed by atoms with E-state index in [1.54, 1.807) is 11.0 Å². The van der Waals surface area contributed by atoms with E-state index in [0.717, 1.165) is 19.4 Å². The monoisotopic (exact) mass is 339 g/mol. The summed E-state index contributed by atoms with van der Waals surface area (Å²) < 4.78 is 30.6. The lowest BCUT2D eigenvalue weighted by Gasteiger charge is -2.35. The summed E-state index contributed by atoms with van der Waals surface area (Å²) in [7, 11) is 0.